The first kappa shape index (κ1) is 31.7. The fraction of sp³-hybridized carbons (Fsp3) is 0.0455. The van der Waals surface area contributed by atoms with Crippen LogP contribution in [0.1, 0.15) is 17.2 Å². The van der Waals surface area contributed by atoms with E-state index >= 15 is 0 Å². The summed E-state index contributed by atoms with van der Waals surface area (Å²) in [6.07, 6.45) is 4.11. The van der Waals surface area contributed by atoms with E-state index in [1.54, 1.807) is 36.4 Å². The average Bonchev–Trinajstić information content (AvgIpc) is 3.67. The van der Waals surface area contributed by atoms with E-state index in [0.29, 0.717) is 11.4 Å². The summed E-state index contributed by atoms with van der Waals surface area (Å²) >= 11 is 0. The third-order valence-corrected chi connectivity index (χ3v) is 9.75. The van der Waals surface area contributed by atoms with Crippen molar-refractivity contribution < 1.29 is 15.3 Å². The second-order valence-corrected chi connectivity index (χ2v) is 13.0. The monoisotopic (exact) mass is 692 g/mol. The third-order valence-electron chi connectivity index (χ3n) is 9.75. The highest BCUT2D eigenvalue weighted by Crippen LogP contribution is 2.36. The van der Waals surface area contributed by atoms with Crippen molar-refractivity contribution in [1.82, 2.24) is 4.68 Å². The van der Waals surface area contributed by atoms with Gasteiger partial charge in [0.05, 0.1) is 28.3 Å². The van der Waals surface area contributed by atoms with Crippen LogP contribution < -0.4 is 15.6 Å². The molecule has 3 N–H and O–H groups in total. The Morgan fingerprint density at radius 3 is 1.77 bits per heavy atom. The first-order valence-electron chi connectivity index (χ1n) is 17.2. The average molecular weight is 693 g/mol. The van der Waals surface area contributed by atoms with Crippen molar-refractivity contribution in [3.8, 4) is 17.2 Å². The number of benzene rings is 7. The van der Waals surface area contributed by atoms with Crippen LogP contribution in [0, 0.1) is 0 Å². The molecule has 0 saturated carbocycles. The molecule has 0 spiro atoms. The van der Waals surface area contributed by atoms with Crippen molar-refractivity contribution in [1.29, 1.82) is 0 Å². The molecule has 8 aromatic rings. The Hall–Kier alpha value is -7.26. The van der Waals surface area contributed by atoms with Crippen LogP contribution in [0.5, 0.6) is 17.2 Å². The quantitative estimate of drug-likeness (QED) is 0.150. The Morgan fingerprint density at radius 1 is 0.547 bits per heavy atom. The Labute approximate surface area is 303 Å². The van der Waals surface area contributed by atoms with Crippen LogP contribution in [-0.4, -0.2) is 27.0 Å². The number of fused-ring (bicyclic) bond motifs is 5. The highest BCUT2D eigenvalue weighted by Gasteiger charge is 2.26. The van der Waals surface area contributed by atoms with E-state index in [1.807, 2.05) is 116 Å². The van der Waals surface area contributed by atoms with Crippen LogP contribution in [0.15, 0.2) is 160 Å². The fourth-order valence-corrected chi connectivity index (χ4v) is 7.15. The zero-order chi connectivity index (χ0) is 36.1. The summed E-state index contributed by atoms with van der Waals surface area (Å²) < 4.78 is 2.10. The Kier molecular flexibility index (Phi) is 7.66. The lowest BCUT2D eigenvalue weighted by Gasteiger charge is -2.25. The molecule has 1 unspecified atom stereocenters. The van der Waals surface area contributed by atoms with Gasteiger partial charge in [-0.25, -0.2) is 0 Å². The normalized spacial score (nSPS) is 14.6. The van der Waals surface area contributed by atoms with Gasteiger partial charge in [0, 0.05) is 28.4 Å². The summed E-state index contributed by atoms with van der Waals surface area (Å²) in [6.45, 7) is 0. The molecule has 0 saturated heterocycles. The van der Waals surface area contributed by atoms with E-state index in [1.165, 1.54) is 0 Å². The highest BCUT2D eigenvalue weighted by molar-refractivity contribution is 5.93. The molecule has 0 aliphatic carbocycles. The van der Waals surface area contributed by atoms with Gasteiger partial charge in [0.2, 0.25) is 0 Å². The van der Waals surface area contributed by atoms with Crippen LogP contribution in [0.3, 0.4) is 0 Å². The summed E-state index contributed by atoms with van der Waals surface area (Å²) in [5.74, 6) is 0.179. The van der Waals surface area contributed by atoms with Gasteiger partial charge in [0.15, 0.2) is 0 Å². The van der Waals surface area contributed by atoms with Crippen LogP contribution >= 0.6 is 0 Å². The number of azo groups is 2. The standard InChI is InChI=1S/C44H32N6O3/c1-49-41(30-17-20-39(44(53)24-30)48-46-37-15-7-11-29-9-3-5-13-33(29)37)26-42-34(35-25-31(51)18-21-40(35)50(42)49)22-27-16-19-38(43(52)23-27)47-45-36-14-6-10-28-8-2-4-12-32(28)36/h2-26,41,51-53H,1H3. The number of rotatable bonds is 6. The molecule has 1 aliphatic heterocycles. The Morgan fingerprint density at radius 2 is 1.13 bits per heavy atom. The molecule has 0 bridgehead atoms. The predicted octanol–water partition coefficient (Wildman–Crippen LogP) is 9.83. The molecule has 2 heterocycles. The molecule has 256 valence electrons. The van der Waals surface area contributed by atoms with E-state index in [0.717, 1.165) is 65.5 Å². The van der Waals surface area contributed by atoms with Crippen LogP contribution in [0.2, 0.25) is 0 Å². The van der Waals surface area contributed by atoms with Gasteiger partial charge in [-0.05, 0) is 88.6 Å². The summed E-state index contributed by atoms with van der Waals surface area (Å²) in [5.41, 5.74) is 4.70. The number of phenols is 3. The Balaban J connectivity index is 1.06. The molecule has 9 heteroatoms. The summed E-state index contributed by atoms with van der Waals surface area (Å²) in [5, 5.41) is 59.1. The molecular weight excluding hydrogens is 661 g/mol. The third kappa shape index (κ3) is 5.70. The van der Waals surface area contributed by atoms with Crippen LogP contribution in [0.4, 0.5) is 22.7 Å². The molecule has 7 aromatic carbocycles. The lowest BCUT2D eigenvalue weighted by molar-refractivity contribution is 0.474. The number of aromatic hydroxyl groups is 3. The predicted molar refractivity (Wildman–Crippen MR) is 210 cm³/mol. The molecular formula is C44H32N6O3. The minimum absolute atomic E-state index is 0.00196. The molecule has 1 aliphatic rings. The van der Waals surface area contributed by atoms with Gasteiger partial charge in [-0.1, -0.05) is 84.9 Å². The van der Waals surface area contributed by atoms with E-state index in [2.05, 4.69) is 36.2 Å². The first-order valence-corrected chi connectivity index (χ1v) is 17.2. The van der Waals surface area contributed by atoms with Crippen LogP contribution in [-0.2, 0) is 0 Å². The van der Waals surface area contributed by atoms with Gasteiger partial charge in [-0.15, -0.1) is 20.5 Å². The van der Waals surface area contributed by atoms with Gasteiger partial charge < -0.3 is 20.3 Å². The van der Waals surface area contributed by atoms with Gasteiger partial charge in [-0.3, -0.25) is 4.68 Å². The molecule has 9 rings (SSSR count). The largest absolute Gasteiger partial charge is 0.508 e. The number of nitrogens with zero attached hydrogens (tertiary/aromatic N) is 6. The van der Waals surface area contributed by atoms with Gasteiger partial charge in [0.25, 0.3) is 0 Å². The molecule has 0 fully saturated rings. The van der Waals surface area contributed by atoms with Crippen molar-refractivity contribution in [3.63, 3.8) is 0 Å². The lowest BCUT2D eigenvalue weighted by Crippen LogP contribution is -2.35. The molecule has 1 atom stereocenters. The van der Waals surface area contributed by atoms with Gasteiger partial charge >= 0.3 is 0 Å². The second-order valence-electron chi connectivity index (χ2n) is 13.0. The van der Waals surface area contributed by atoms with Crippen molar-refractivity contribution in [2.75, 3.05) is 12.1 Å². The second kappa shape index (κ2) is 12.8. The molecule has 9 nitrogen and oxygen atoms in total. The van der Waals surface area contributed by atoms with Gasteiger partial charge in [0.1, 0.15) is 28.6 Å². The van der Waals surface area contributed by atoms with Crippen molar-refractivity contribution >= 4 is 67.3 Å². The molecule has 53 heavy (non-hydrogen) atoms. The number of hydrogen-bond donors (Lipinski definition) is 3. The van der Waals surface area contributed by atoms with E-state index in [4.69, 9.17) is 0 Å². The number of hydrogen-bond acceptors (Lipinski definition) is 8. The fourth-order valence-electron chi connectivity index (χ4n) is 7.15. The lowest BCUT2D eigenvalue weighted by atomic mass is 10.0. The molecule has 1 aromatic heterocycles. The van der Waals surface area contributed by atoms with Crippen molar-refractivity contribution in [2.24, 2.45) is 20.5 Å². The smallest absolute Gasteiger partial charge is 0.143 e. The Bertz CT molecular complexity index is 2920. The minimum Gasteiger partial charge on any atom is -0.508 e. The maximum absolute atomic E-state index is 11.1. The summed E-state index contributed by atoms with van der Waals surface area (Å²) in [7, 11) is 1.99. The number of aromatic nitrogens is 1. The van der Waals surface area contributed by atoms with Crippen molar-refractivity contribution in [2.45, 2.75) is 6.04 Å². The maximum Gasteiger partial charge on any atom is 0.143 e. The zero-order valence-electron chi connectivity index (χ0n) is 28.5. The SMILES string of the molecule is CN1C(c2ccc(N=Nc3cccc4ccccc34)c(O)c2)C=c2c(=Cc3ccc(N=Nc4cccc5ccccc45)c(O)c3)c3cc(O)ccc3n21. The van der Waals surface area contributed by atoms with E-state index in [9.17, 15) is 15.3 Å². The zero-order valence-corrected chi connectivity index (χ0v) is 28.5. The molecule has 0 amide bonds. The van der Waals surface area contributed by atoms with Gasteiger partial charge in [-0.2, -0.15) is 0 Å². The van der Waals surface area contributed by atoms with Crippen LogP contribution in [0.25, 0.3) is 44.6 Å². The van der Waals surface area contributed by atoms with Crippen molar-refractivity contribution in [3.05, 3.63) is 161 Å². The molecule has 0 radical (unpaired) electrons. The number of phenolic OH excluding ortho intramolecular Hbond substituents is 3. The van der Waals surface area contributed by atoms with E-state index < -0.39 is 0 Å². The maximum atomic E-state index is 11.1. The van der Waals surface area contributed by atoms with E-state index in [-0.39, 0.29) is 23.3 Å². The summed E-state index contributed by atoms with van der Waals surface area (Å²) in [4.78, 5) is 0. The first-order chi connectivity index (χ1) is 25.9. The topological polar surface area (TPSA) is 118 Å². The highest BCUT2D eigenvalue weighted by atomic mass is 16.3. The minimum atomic E-state index is -0.212. The summed E-state index contributed by atoms with van der Waals surface area (Å²) in [6, 6.07) is 43.5.